The first-order chi connectivity index (χ1) is 10.2. The molecular weight excluding hydrogens is 264 g/mol. The van der Waals surface area contributed by atoms with Crippen molar-refractivity contribution in [3.05, 3.63) is 29.8 Å². The first kappa shape index (κ1) is 16.0. The Labute approximate surface area is 127 Å². The third-order valence-corrected chi connectivity index (χ3v) is 3.86. The Bertz CT molecular complexity index is 456. The zero-order chi connectivity index (χ0) is 15.1. The SMILES string of the molecule is CCNCc1cccc(NC(=O)CC2CC(OCC)C2)c1. The van der Waals surface area contributed by atoms with E-state index in [4.69, 9.17) is 4.74 Å². The molecule has 1 aromatic carbocycles. The number of rotatable bonds is 8. The molecule has 0 saturated heterocycles. The number of nitrogens with one attached hydrogen (secondary N) is 2. The van der Waals surface area contributed by atoms with Gasteiger partial charge in [0.05, 0.1) is 6.10 Å². The van der Waals surface area contributed by atoms with Crippen molar-refractivity contribution >= 4 is 11.6 Å². The number of carbonyl (C=O) groups is 1. The van der Waals surface area contributed by atoms with Crippen molar-refractivity contribution in [2.75, 3.05) is 18.5 Å². The largest absolute Gasteiger partial charge is 0.378 e. The van der Waals surface area contributed by atoms with Crippen LogP contribution in [0.5, 0.6) is 0 Å². The summed E-state index contributed by atoms with van der Waals surface area (Å²) in [5.74, 6) is 0.585. The standard InChI is InChI=1S/C17H26N2O2/c1-3-18-12-13-6-5-7-15(8-13)19-17(20)11-14-9-16(10-14)21-4-2/h5-8,14,16,18H,3-4,9-12H2,1-2H3,(H,19,20). The molecule has 0 atom stereocenters. The monoisotopic (exact) mass is 290 g/mol. The van der Waals surface area contributed by atoms with E-state index in [2.05, 4.69) is 23.6 Å². The van der Waals surface area contributed by atoms with Crippen molar-refractivity contribution < 1.29 is 9.53 Å². The summed E-state index contributed by atoms with van der Waals surface area (Å²) in [4.78, 5) is 12.0. The molecule has 1 aromatic rings. The van der Waals surface area contributed by atoms with E-state index < -0.39 is 0 Å². The van der Waals surface area contributed by atoms with E-state index >= 15 is 0 Å². The van der Waals surface area contributed by atoms with Gasteiger partial charge in [-0.1, -0.05) is 19.1 Å². The lowest BCUT2D eigenvalue weighted by molar-refractivity contribution is -0.119. The molecule has 0 radical (unpaired) electrons. The molecule has 0 aromatic heterocycles. The second-order valence-corrected chi connectivity index (χ2v) is 5.65. The van der Waals surface area contributed by atoms with E-state index in [-0.39, 0.29) is 5.91 Å². The molecule has 116 valence electrons. The van der Waals surface area contributed by atoms with Gasteiger partial charge < -0.3 is 15.4 Å². The van der Waals surface area contributed by atoms with Crippen LogP contribution in [0.2, 0.25) is 0 Å². The summed E-state index contributed by atoms with van der Waals surface area (Å²) in [7, 11) is 0. The van der Waals surface area contributed by atoms with Gasteiger partial charge in [0.25, 0.3) is 0 Å². The minimum absolute atomic E-state index is 0.107. The van der Waals surface area contributed by atoms with Crippen LogP contribution >= 0.6 is 0 Å². The van der Waals surface area contributed by atoms with Gasteiger partial charge in [-0.3, -0.25) is 4.79 Å². The molecule has 2 N–H and O–H groups in total. The number of amides is 1. The number of hydrogen-bond acceptors (Lipinski definition) is 3. The molecule has 0 spiro atoms. The van der Waals surface area contributed by atoms with Crippen LogP contribution in [-0.4, -0.2) is 25.2 Å². The highest BCUT2D eigenvalue weighted by atomic mass is 16.5. The van der Waals surface area contributed by atoms with Gasteiger partial charge in [-0.2, -0.15) is 0 Å². The van der Waals surface area contributed by atoms with Crippen molar-refractivity contribution in [2.24, 2.45) is 5.92 Å². The summed E-state index contributed by atoms with van der Waals surface area (Å²) in [6.45, 7) is 6.64. The highest BCUT2D eigenvalue weighted by molar-refractivity contribution is 5.91. The molecule has 2 rings (SSSR count). The molecule has 0 heterocycles. The molecule has 21 heavy (non-hydrogen) atoms. The predicted octanol–water partition coefficient (Wildman–Crippen LogP) is 2.94. The summed E-state index contributed by atoms with van der Waals surface area (Å²) in [5, 5.41) is 6.28. The third-order valence-electron chi connectivity index (χ3n) is 3.86. The average Bonchev–Trinajstić information content (AvgIpc) is 2.43. The topological polar surface area (TPSA) is 50.4 Å². The highest BCUT2D eigenvalue weighted by Gasteiger charge is 2.30. The molecule has 1 fully saturated rings. The van der Waals surface area contributed by atoms with Gasteiger partial charge in [0.2, 0.25) is 5.91 Å². The van der Waals surface area contributed by atoms with Crippen molar-refractivity contribution in [3.8, 4) is 0 Å². The minimum atomic E-state index is 0.107. The van der Waals surface area contributed by atoms with Crippen LogP contribution < -0.4 is 10.6 Å². The van der Waals surface area contributed by atoms with Crippen LogP contribution in [0, 0.1) is 5.92 Å². The summed E-state index contributed by atoms with van der Waals surface area (Å²) < 4.78 is 5.52. The Balaban J connectivity index is 1.75. The van der Waals surface area contributed by atoms with Crippen LogP contribution in [0.15, 0.2) is 24.3 Å². The van der Waals surface area contributed by atoms with Crippen LogP contribution in [-0.2, 0) is 16.1 Å². The summed E-state index contributed by atoms with van der Waals surface area (Å²) in [5.41, 5.74) is 2.07. The van der Waals surface area contributed by atoms with Gasteiger partial charge in [-0.05, 0) is 49.9 Å². The molecule has 1 aliphatic rings. The lowest BCUT2D eigenvalue weighted by Gasteiger charge is -2.34. The smallest absolute Gasteiger partial charge is 0.224 e. The predicted molar refractivity (Wildman–Crippen MR) is 85.2 cm³/mol. The summed E-state index contributed by atoms with van der Waals surface area (Å²) in [6.07, 6.45) is 3.00. The van der Waals surface area contributed by atoms with E-state index in [0.29, 0.717) is 18.4 Å². The Kier molecular flexibility index (Phi) is 6.21. The molecular formula is C17H26N2O2. The fourth-order valence-corrected chi connectivity index (χ4v) is 2.72. The zero-order valence-electron chi connectivity index (χ0n) is 13.0. The first-order valence-electron chi connectivity index (χ1n) is 7.92. The minimum Gasteiger partial charge on any atom is -0.378 e. The molecule has 0 unspecified atom stereocenters. The Morgan fingerprint density at radius 2 is 2.14 bits per heavy atom. The van der Waals surface area contributed by atoms with Gasteiger partial charge in [0.15, 0.2) is 0 Å². The zero-order valence-corrected chi connectivity index (χ0v) is 13.0. The molecule has 0 aliphatic heterocycles. The second kappa shape index (κ2) is 8.15. The van der Waals surface area contributed by atoms with Gasteiger partial charge in [0.1, 0.15) is 0 Å². The average molecular weight is 290 g/mol. The molecule has 0 bridgehead atoms. The molecule has 1 saturated carbocycles. The van der Waals surface area contributed by atoms with Crippen molar-refractivity contribution in [3.63, 3.8) is 0 Å². The summed E-state index contributed by atoms with van der Waals surface area (Å²) in [6, 6.07) is 8.02. The van der Waals surface area contributed by atoms with E-state index in [1.54, 1.807) is 0 Å². The van der Waals surface area contributed by atoms with E-state index in [1.165, 1.54) is 5.56 Å². The number of anilines is 1. The van der Waals surface area contributed by atoms with E-state index in [1.807, 2.05) is 25.1 Å². The Hall–Kier alpha value is -1.39. The molecule has 1 aliphatic carbocycles. The van der Waals surface area contributed by atoms with Crippen LogP contribution in [0.25, 0.3) is 0 Å². The highest BCUT2D eigenvalue weighted by Crippen LogP contribution is 2.32. The van der Waals surface area contributed by atoms with Gasteiger partial charge in [-0.25, -0.2) is 0 Å². The summed E-state index contributed by atoms with van der Waals surface area (Å²) >= 11 is 0. The van der Waals surface area contributed by atoms with Crippen LogP contribution in [0.3, 0.4) is 0 Å². The lowest BCUT2D eigenvalue weighted by atomic mass is 9.80. The van der Waals surface area contributed by atoms with Gasteiger partial charge in [0, 0.05) is 25.3 Å². The molecule has 4 nitrogen and oxygen atoms in total. The molecule has 1 amide bonds. The van der Waals surface area contributed by atoms with Crippen molar-refractivity contribution in [2.45, 2.75) is 45.8 Å². The number of ether oxygens (including phenoxy) is 1. The normalized spacial score (nSPS) is 20.9. The van der Waals surface area contributed by atoms with Crippen LogP contribution in [0.1, 0.15) is 38.7 Å². The maximum absolute atomic E-state index is 12.0. The maximum atomic E-state index is 12.0. The quantitative estimate of drug-likeness (QED) is 0.774. The maximum Gasteiger partial charge on any atom is 0.224 e. The third kappa shape index (κ3) is 5.14. The number of hydrogen-bond donors (Lipinski definition) is 2. The Morgan fingerprint density at radius 3 is 2.86 bits per heavy atom. The lowest BCUT2D eigenvalue weighted by Crippen LogP contribution is -2.33. The first-order valence-corrected chi connectivity index (χ1v) is 7.92. The molecule has 4 heteroatoms. The number of carbonyl (C=O) groups excluding carboxylic acids is 1. The Morgan fingerprint density at radius 1 is 1.33 bits per heavy atom. The fourth-order valence-electron chi connectivity index (χ4n) is 2.72. The van der Waals surface area contributed by atoms with Gasteiger partial charge >= 0.3 is 0 Å². The van der Waals surface area contributed by atoms with Crippen molar-refractivity contribution in [1.29, 1.82) is 0 Å². The van der Waals surface area contributed by atoms with Crippen molar-refractivity contribution in [1.82, 2.24) is 5.32 Å². The van der Waals surface area contributed by atoms with Crippen LogP contribution in [0.4, 0.5) is 5.69 Å². The second-order valence-electron chi connectivity index (χ2n) is 5.65. The number of benzene rings is 1. The van der Waals surface area contributed by atoms with E-state index in [0.717, 1.165) is 38.2 Å². The fraction of sp³-hybridized carbons (Fsp3) is 0.588. The van der Waals surface area contributed by atoms with Gasteiger partial charge in [-0.15, -0.1) is 0 Å². The van der Waals surface area contributed by atoms with E-state index in [9.17, 15) is 4.79 Å².